The number of amides is 3. The van der Waals surface area contributed by atoms with Crippen LogP contribution in [0.25, 0.3) is 0 Å². The summed E-state index contributed by atoms with van der Waals surface area (Å²) in [5.74, 6) is -1.75. The van der Waals surface area contributed by atoms with Crippen molar-refractivity contribution in [3.05, 3.63) is 94.7 Å². The number of ether oxygens (including phenoxy) is 2. The maximum Gasteiger partial charge on any atom is 0.338 e. The van der Waals surface area contributed by atoms with Gasteiger partial charge in [-0.25, -0.2) is 9.69 Å². The molecule has 3 amide bonds. The van der Waals surface area contributed by atoms with Crippen LogP contribution in [0.4, 0.5) is 17.1 Å². The Hall–Kier alpha value is -4.63. The second-order valence-electron chi connectivity index (χ2n) is 8.53. The SMILES string of the molecule is COc1ccc(NC(=O)c2cccc(NC3=C(Cl)C(=O)N(c4cccc(C(=O)OC(C)C)c4)C3=O)c2)cc1. The summed E-state index contributed by atoms with van der Waals surface area (Å²) >= 11 is 6.25. The molecule has 9 nitrogen and oxygen atoms in total. The van der Waals surface area contributed by atoms with E-state index in [0.29, 0.717) is 22.7 Å². The van der Waals surface area contributed by atoms with Crippen molar-refractivity contribution in [2.45, 2.75) is 20.0 Å². The number of imide groups is 1. The van der Waals surface area contributed by atoms with Gasteiger partial charge in [0.15, 0.2) is 0 Å². The third-order valence-electron chi connectivity index (χ3n) is 5.45. The van der Waals surface area contributed by atoms with E-state index in [0.717, 1.165) is 4.90 Å². The molecule has 0 radical (unpaired) electrons. The Bertz CT molecular complexity index is 1450. The number of esters is 1. The first kappa shape index (κ1) is 26.4. The molecule has 0 saturated carbocycles. The lowest BCUT2D eigenvalue weighted by molar-refractivity contribution is -0.120. The largest absolute Gasteiger partial charge is 0.497 e. The van der Waals surface area contributed by atoms with E-state index >= 15 is 0 Å². The van der Waals surface area contributed by atoms with Crippen LogP contribution < -0.4 is 20.3 Å². The molecule has 4 rings (SSSR count). The molecular weight excluding hydrogens is 510 g/mol. The molecule has 0 fully saturated rings. The summed E-state index contributed by atoms with van der Waals surface area (Å²) in [5, 5.41) is 5.32. The number of carbonyl (C=O) groups excluding carboxylic acids is 4. The second-order valence-corrected chi connectivity index (χ2v) is 8.91. The molecule has 1 aliphatic rings. The van der Waals surface area contributed by atoms with Gasteiger partial charge in [-0.1, -0.05) is 23.7 Å². The van der Waals surface area contributed by atoms with Gasteiger partial charge in [0, 0.05) is 16.9 Å². The van der Waals surface area contributed by atoms with Gasteiger partial charge in [0.25, 0.3) is 17.7 Å². The quantitative estimate of drug-likeness (QED) is 0.311. The van der Waals surface area contributed by atoms with Crippen LogP contribution in [0.1, 0.15) is 34.6 Å². The Morgan fingerprint density at radius 2 is 1.55 bits per heavy atom. The average molecular weight is 534 g/mol. The fourth-order valence-corrected chi connectivity index (χ4v) is 3.87. The molecule has 0 atom stereocenters. The van der Waals surface area contributed by atoms with Gasteiger partial charge in [-0.3, -0.25) is 14.4 Å². The second kappa shape index (κ2) is 11.2. The van der Waals surface area contributed by atoms with E-state index in [1.165, 1.54) is 30.3 Å². The van der Waals surface area contributed by atoms with Gasteiger partial charge in [0.2, 0.25) is 0 Å². The highest BCUT2D eigenvalue weighted by Gasteiger charge is 2.39. The summed E-state index contributed by atoms with van der Waals surface area (Å²) in [6.45, 7) is 3.43. The minimum Gasteiger partial charge on any atom is -0.497 e. The number of benzene rings is 3. The Kier molecular flexibility index (Phi) is 7.78. The fourth-order valence-electron chi connectivity index (χ4n) is 3.66. The lowest BCUT2D eigenvalue weighted by Crippen LogP contribution is -2.32. The van der Waals surface area contributed by atoms with Gasteiger partial charge in [-0.15, -0.1) is 0 Å². The summed E-state index contributed by atoms with van der Waals surface area (Å²) in [6.07, 6.45) is -0.331. The average Bonchev–Trinajstić information content (AvgIpc) is 3.11. The zero-order chi connectivity index (χ0) is 27.4. The lowest BCUT2D eigenvalue weighted by atomic mass is 10.1. The highest BCUT2D eigenvalue weighted by molar-refractivity contribution is 6.53. The van der Waals surface area contributed by atoms with Crippen LogP contribution in [0.2, 0.25) is 0 Å². The van der Waals surface area contributed by atoms with Crippen LogP contribution in [-0.2, 0) is 14.3 Å². The van der Waals surface area contributed by atoms with Gasteiger partial charge in [0.1, 0.15) is 16.5 Å². The van der Waals surface area contributed by atoms with Crippen LogP contribution in [0.3, 0.4) is 0 Å². The molecule has 38 heavy (non-hydrogen) atoms. The smallest absolute Gasteiger partial charge is 0.338 e. The zero-order valence-electron chi connectivity index (χ0n) is 20.8. The van der Waals surface area contributed by atoms with Gasteiger partial charge in [0.05, 0.1) is 24.5 Å². The van der Waals surface area contributed by atoms with Crippen molar-refractivity contribution in [2.24, 2.45) is 0 Å². The van der Waals surface area contributed by atoms with Gasteiger partial charge in [-0.2, -0.15) is 0 Å². The lowest BCUT2D eigenvalue weighted by Gasteiger charge is -2.16. The number of hydrogen-bond donors (Lipinski definition) is 2. The number of carbonyl (C=O) groups is 4. The minimum absolute atomic E-state index is 0.153. The van der Waals surface area contributed by atoms with E-state index in [9.17, 15) is 19.2 Å². The van der Waals surface area contributed by atoms with E-state index in [1.807, 2.05) is 0 Å². The van der Waals surface area contributed by atoms with Gasteiger partial charge in [-0.05, 0) is 74.5 Å². The molecule has 194 valence electrons. The summed E-state index contributed by atoms with van der Waals surface area (Å²) in [6, 6.07) is 19.2. The normalized spacial score (nSPS) is 13.1. The molecule has 1 heterocycles. The van der Waals surface area contributed by atoms with Crippen LogP contribution in [0.5, 0.6) is 5.75 Å². The number of nitrogens with one attached hydrogen (secondary N) is 2. The summed E-state index contributed by atoms with van der Waals surface area (Å²) in [7, 11) is 1.55. The fraction of sp³-hybridized carbons (Fsp3) is 0.143. The number of halogens is 1. The van der Waals surface area contributed by atoms with Gasteiger partial charge < -0.3 is 20.1 Å². The van der Waals surface area contributed by atoms with E-state index in [2.05, 4.69) is 10.6 Å². The maximum atomic E-state index is 13.2. The van der Waals surface area contributed by atoms with Crippen LogP contribution in [-0.4, -0.2) is 36.9 Å². The van der Waals surface area contributed by atoms with Crippen molar-refractivity contribution in [1.82, 2.24) is 0 Å². The number of hydrogen-bond acceptors (Lipinski definition) is 7. The first-order chi connectivity index (χ1) is 18.2. The predicted molar refractivity (Wildman–Crippen MR) is 143 cm³/mol. The van der Waals surface area contributed by atoms with Crippen LogP contribution >= 0.6 is 11.6 Å². The zero-order valence-corrected chi connectivity index (χ0v) is 21.5. The Balaban J connectivity index is 1.51. The van der Waals surface area contributed by atoms with Crippen LogP contribution in [0, 0.1) is 0 Å². The molecule has 3 aromatic rings. The molecule has 1 aliphatic heterocycles. The summed E-state index contributed by atoms with van der Waals surface area (Å²) < 4.78 is 10.3. The van der Waals surface area contributed by atoms with E-state index in [-0.39, 0.29) is 34.0 Å². The van der Waals surface area contributed by atoms with E-state index in [1.54, 1.807) is 63.4 Å². The maximum absolute atomic E-state index is 13.2. The molecule has 0 saturated heterocycles. The van der Waals surface area contributed by atoms with Crippen molar-refractivity contribution in [3.8, 4) is 5.75 Å². The molecule has 0 spiro atoms. The first-order valence-corrected chi connectivity index (χ1v) is 12.0. The number of methoxy groups -OCH3 is 1. The van der Waals surface area contributed by atoms with E-state index < -0.39 is 17.8 Å². The molecule has 0 aliphatic carbocycles. The number of anilines is 3. The van der Waals surface area contributed by atoms with Crippen molar-refractivity contribution in [3.63, 3.8) is 0 Å². The molecule has 0 bridgehead atoms. The van der Waals surface area contributed by atoms with E-state index in [4.69, 9.17) is 21.1 Å². The topological polar surface area (TPSA) is 114 Å². The molecule has 0 unspecified atom stereocenters. The Morgan fingerprint density at radius 1 is 0.868 bits per heavy atom. The number of nitrogens with zero attached hydrogens (tertiary/aromatic N) is 1. The predicted octanol–water partition coefficient (Wildman–Crippen LogP) is 4.95. The molecule has 0 aromatic heterocycles. The van der Waals surface area contributed by atoms with Crippen molar-refractivity contribution >= 4 is 52.4 Å². The van der Waals surface area contributed by atoms with Crippen molar-refractivity contribution in [1.29, 1.82) is 0 Å². The molecule has 10 heteroatoms. The third-order valence-corrected chi connectivity index (χ3v) is 5.80. The highest BCUT2D eigenvalue weighted by atomic mass is 35.5. The minimum atomic E-state index is -0.748. The van der Waals surface area contributed by atoms with Crippen molar-refractivity contribution < 1.29 is 28.7 Å². The third kappa shape index (κ3) is 5.68. The summed E-state index contributed by atoms with van der Waals surface area (Å²) in [5.41, 5.74) is 1.46. The first-order valence-electron chi connectivity index (χ1n) is 11.6. The Labute approximate surface area is 224 Å². The standard InChI is InChI=1S/C28H24ClN3O6/c1-16(2)38-28(36)18-7-5-9-21(15-18)32-26(34)23(29)24(27(32)35)30-20-8-4-6-17(14-20)25(33)31-19-10-12-22(37-3)13-11-19/h4-16,30H,1-3H3,(H,31,33). The molecule has 2 N–H and O–H groups in total. The Morgan fingerprint density at radius 3 is 2.24 bits per heavy atom. The summed E-state index contributed by atoms with van der Waals surface area (Å²) in [4.78, 5) is 52.0. The highest BCUT2D eigenvalue weighted by Crippen LogP contribution is 2.31. The van der Waals surface area contributed by atoms with Gasteiger partial charge >= 0.3 is 5.97 Å². The molecular formula is C28H24ClN3O6. The van der Waals surface area contributed by atoms with Crippen molar-refractivity contribution in [2.75, 3.05) is 22.6 Å². The molecule has 3 aromatic carbocycles. The number of rotatable bonds is 8. The monoisotopic (exact) mass is 533 g/mol. The van der Waals surface area contributed by atoms with Crippen LogP contribution in [0.15, 0.2) is 83.5 Å².